The lowest BCUT2D eigenvalue weighted by Crippen LogP contribution is -2.06. The first kappa shape index (κ1) is 8.31. The van der Waals surface area contributed by atoms with Crippen molar-refractivity contribution in [3.8, 4) is 0 Å². The van der Waals surface area contributed by atoms with Crippen molar-refractivity contribution < 1.29 is 19.4 Å². The van der Waals surface area contributed by atoms with E-state index in [0.29, 0.717) is 6.20 Å². The van der Waals surface area contributed by atoms with Crippen LogP contribution < -0.4 is 0 Å². The summed E-state index contributed by atoms with van der Waals surface area (Å²) < 4.78 is 58.5. The molecule has 0 saturated heterocycles. The molecule has 1 heterocycles. The van der Waals surface area contributed by atoms with Crippen LogP contribution in [0, 0.1) is 0 Å². The molecule has 11 heavy (non-hydrogen) atoms. The van der Waals surface area contributed by atoms with Gasteiger partial charge in [-0.1, -0.05) is 19.4 Å². The predicted molar refractivity (Wildman–Crippen MR) is 30.0 cm³/mol. The molecule has 1 aromatic rings. The van der Waals surface area contributed by atoms with Gasteiger partial charge in [0.15, 0.2) is 5.03 Å². The Bertz CT molecular complexity index is 258. The van der Waals surface area contributed by atoms with E-state index in [1.165, 1.54) is 5.10 Å². The zero-order valence-corrected chi connectivity index (χ0v) is 5.72. The predicted octanol–water partition coefficient (Wildman–Crippen LogP) is 3.07. The Kier molecular flexibility index (Phi) is 1.04. The van der Waals surface area contributed by atoms with Crippen LogP contribution >= 0.6 is 10.2 Å². The van der Waals surface area contributed by atoms with Crippen LogP contribution in [0.25, 0.3) is 0 Å². The largest absolute Gasteiger partial charge is 0.325 e. The minimum absolute atomic E-state index is 0.196. The molecule has 66 valence electrons. The van der Waals surface area contributed by atoms with Crippen molar-refractivity contribution in [2.24, 2.45) is 0 Å². The van der Waals surface area contributed by atoms with Crippen molar-refractivity contribution in [1.82, 2.24) is 10.2 Å². The minimum atomic E-state index is -9.49. The molecule has 0 unspecified atom stereocenters. The number of rotatable bonds is 1. The smallest absolute Gasteiger partial charge is 0.264 e. The number of halogens is 5. The van der Waals surface area contributed by atoms with Gasteiger partial charge >= 0.3 is 10.2 Å². The van der Waals surface area contributed by atoms with Gasteiger partial charge in [-0.3, -0.25) is 5.10 Å². The van der Waals surface area contributed by atoms with Crippen molar-refractivity contribution >= 4 is 10.2 Å². The maximum absolute atomic E-state index is 11.7. The molecule has 0 aromatic carbocycles. The monoisotopic (exact) mass is 194 g/mol. The van der Waals surface area contributed by atoms with Gasteiger partial charge in [-0.2, -0.15) is 5.10 Å². The topological polar surface area (TPSA) is 28.7 Å². The van der Waals surface area contributed by atoms with Crippen molar-refractivity contribution in [2.75, 3.05) is 0 Å². The highest BCUT2D eigenvalue weighted by atomic mass is 32.5. The van der Waals surface area contributed by atoms with Crippen LogP contribution in [0.15, 0.2) is 17.3 Å². The molecule has 1 rings (SSSR count). The molecule has 0 spiro atoms. The van der Waals surface area contributed by atoms with E-state index in [2.05, 4.69) is 5.10 Å². The fraction of sp³-hybridized carbons (Fsp3) is 0. The normalized spacial score (nSPS) is 19.0. The molecule has 0 aliphatic heterocycles. The van der Waals surface area contributed by atoms with Crippen LogP contribution in [0.1, 0.15) is 0 Å². The summed E-state index contributed by atoms with van der Waals surface area (Å²) in [6.07, 6.45) is 0.618. The molecular weight excluding hydrogens is 191 g/mol. The third kappa shape index (κ3) is 1.82. The second-order valence-corrected chi connectivity index (χ2v) is 4.27. The third-order valence-electron chi connectivity index (χ3n) is 0.891. The van der Waals surface area contributed by atoms with E-state index in [0.717, 1.165) is 0 Å². The number of aromatic nitrogens is 2. The zero-order valence-electron chi connectivity index (χ0n) is 4.90. The lowest BCUT2D eigenvalue weighted by atomic mass is 10.8. The number of aromatic amines is 1. The first-order valence-electron chi connectivity index (χ1n) is 2.33. The van der Waals surface area contributed by atoms with Gasteiger partial charge < -0.3 is 0 Å². The molecule has 0 atom stereocenters. The summed E-state index contributed by atoms with van der Waals surface area (Å²) in [5.74, 6) is 0. The summed E-state index contributed by atoms with van der Waals surface area (Å²) in [4.78, 5) is 0. The number of hydrogen-bond acceptors (Lipinski definition) is 1. The maximum Gasteiger partial charge on any atom is 0.325 e. The van der Waals surface area contributed by atoms with Gasteiger partial charge in [-0.15, -0.1) is 0 Å². The van der Waals surface area contributed by atoms with E-state index in [1.54, 1.807) is 0 Å². The van der Waals surface area contributed by atoms with Gasteiger partial charge in [0.1, 0.15) is 0 Å². The second kappa shape index (κ2) is 1.38. The standard InChI is InChI=1S/C3H3F5N2S/c4-11(5,6,7,8)3-1-2-9-10-3/h1-2H,(H,9,10). The Morgan fingerprint density at radius 3 is 1.91 bits per heavy atom. The lowest BCUT2D eigenvalue weighted by molar-refractivity contribution is 0.358. The number of H-pyrrole nitrogens is 1. The van der Waals surface area contributed by atoms with Crippen molar-refractivity contribution in [3.63, 3.8) is 0 Å². The molecule has 1 aromatic heterocycles. The van der Waals surface area contributed by atoms with Crippen LogP contribution in [-0.2, 0) is 0 Å². The van der Waals surface area contributed by atoms with Gasteiger partial charge in [0, 0.05) is 0 Å². The molecule has 0 saturated carbocycles. The third-order valence-corrected chi connectivity index (χ3v) is 1.95. The van der Waals surface area contributed by atoms with E-state index in [-0.39, 0.29) is 6.07 Å². The van der Waals surface area contributed by atoms with E-state index >= 15 is 0 Å². The summed E-state index contributed by atoms with van der Waals surface area (Å²) in [7, 11) is -9.49. The van der Waals surface area contributed by atoms with Gasteiger partial charge in [-0.05, 0) is 6.07 Å². The molecule has 1 N–H and O–H groups in total. The number of hydrogen-bond donors (Lipinski definition) is 1. The first-order valence-corrected chi connectivity index (χ1v) is 4.28. The Balaban J connectivity index is 3.33. The molecular formula is C3H3F5N2S. The molecule has 0 amide bonds. The Hall–Kier alpha value is -0.790. The average molecular weight is 194 g/mol. The van der Waals surface area contributed by atoms with Crippen LogP contribution in [0.4, 0.5) is 19.4 Å². The highest BCUT2D eigenvalue weighted by Crippen LogP contribution is 3.01. The highest BCUT2D eigenvalue weighted by molar-refractivity contribution is 8.45. The van der Waals surface area contributed by atoms with Crippen molar-refractivity contribution in [1.29, 1.82) is 0 Å². The van der Waals surface area contributed by atoms with E-state index in [1.807, 2.05) is 0 Å². The van der Waals surface area contributed by atoms with Gasteiger partial charge in [0.25, 0.3) is 0 Å². The molecule has 0 radical (unpaired) electrons. The highest BCUT2D eigenvalue weighted by Gasteiger charge is 2.66. The van der Waals surface area contributed by atoms with Crippen LogP contribution in [0.3, 0.4) is 0 Å². The van der Waals surface area contributed by atoms with E-state index in [9.17, 15) is 19.4 Å². The molecule has 2 nitrogen and oxygen atoms in total. The SMILES string of the molecule is FS(F)(F)(F)(F)c1ccn[nH]1. The molecule has 0 aliphatic rings. The van der Waals surface area contributed by atoms with Gasteiger partial charge in [-0.25, -0.2) is 0 Å². The van der Waals surface area contributed by atoms with Crippen molar-refractivity contribution in [2.45, 2.75) is 5.03 Å². The van der Waals surface area contributed by atoms with Crippen LogP contribution in [-0.4, -0.2) is 10.2 Å². The average Bonchev–Trinajstić information content (AvgIpc) is 2.01. The van der Waals surface area contributed by atoms with Crippen molar-refractivity contribution in [3.05, 3.63) is 12.3 Å². The first-order chi connectivity index (χ1) is 4.59. The lowest BCUT2D eigenvalue weighted by Gasteiger charge is -2.38. The Morgan fingerprint density at radius 1 is 1.18 bits per heavy atom. The fourth-order valence-corrected chi connectivity index (χ4v) is 1.00. The molecule has 0 aliphatic carbocycles. The minimum Gasteiger partial charge on any atom is -0.264 e. The maximum atomic E-state index is 11.7. The molecule has 0 bridgehead atoms. The molecule has 8 heteroatoms. The van der Waals surface area contributed by atoms with E-state index < -0.39 is 15.3 Å². The summed E-state index contributed by atoms with van der Waals surface area (Å²) in [6.45, 7) is 0. The Morgan fingerprint density at radius 2 is 1.73 bits per heavy atom. The number of nitrogens with one attached hydrogen (secondary N) is 1. The quantitative estimate of drug-likeness (QED) is 0.683. The van der Waals surface area contributed by atoms with E-state index in [4.69, 9.17) is 0 Å². The molecule has 0 fully saturated rings. The Labute approximate surface area is 58.1 Å². The van der Waals surface area contributed by atoms with Crippen LogP contribution in [0.5, 0.6) is 0 Å². The summed E-state index contributed by atoms with van der Waals surface area (Å²) in [5, 5.41) is 1.90. The van der Waals surface area contributed by atoms with Gasteiger partial charge in [0.2, 0.25) is 0 Å². The zero-order chi connectivity index (χ0) is 8.81. The fourth-order valence-electron chi connectivity index (χ4n) is 0.458. The second-order valence-electron chi connectivity index (χ2n) is 1.89. The summed E-state index contributed by atoms with van der Waals surface area (Å²) >= 11 is 0. The summed E-state index contributed by atoms with van der Waals surface area (Å²) in [5.41, 5.74) is 0. The summed E-state index contributed by atoms with van der Waals surface area (Å²) in [6, 6.07) is 0.196. The van der Waals surface area contributed by atoms with Crippen LogP contribution in [0.2, 0.25) is 0 Å². The number of nitrogens with zero attached hydrogens (tertiary/aromatic N) is 1. The van der Waals surface area contributed by atoms with Gasteiger partial charge in [0.05, 0.1) is 6.20 Å².